The van der Waals surface area contributed by atoms with Crippen LogP contribution < -0.4 is 5.32 Å². The summed E-state index contributed by atoms with van der Waals surface area (Å²) >= 11 is 3.32. The van der Waals surface area contributed by atoms with Crippen molar-refractivity contribution in [2.75, 3.05) is 19.6 Å². The van der Waals surface area contributed by atoms with E-state index in [1.54, 1.807) is 17.7 Å². The number of rotatable bonds is 5. The van der Waals surface area contributed by atoms with Gasteiger partial charge < -0.3 is 14.8 Å². The van der Waals surface area contributed by atoms with E-state index in [9.17, 15) is 9.59 Å². The van der Waals surface area contributed by atoms with Crippen molar-refractivity contribution < 1.29 is 9.59 Å². The molecule has 1 amide bonds. The molecular weight excluding hydrogens is 358 g/mol. The zero-order valence-corrected chi connectivity index (χ0v) is 15.9. The Morgan fingerprint density at radius 1 is 1.43 bits per heavy atom. The molecule has 1 fully saturated rings. The van der Waals surface area contributed by atoms with Gasteiger partial charge in [0.05, 0.1) is 5.69 Å². The first-order chi connectivity index (χ1) is 10.8. The van der Waals surface area contributed by atoms with E-state index in [2.05, 4.69) is 40.0 Å². The van der Waals surface area contributed by atoms with Gasteiger partial charge in [0.2, 0.25) is 0 Å². The Morgan fingerprint density at radius 2 is 2.04 bits per heavy atom. The lowest BCUT2D eigenvalue weighted by Crippen LogP contribution is -2.47. The quantitative estimate of drug-likeness (QED) is 0.795. The van der Waals surface area contributed by atoms with Crippen molar-refractivity contribution >= 4 is 28.1 Å². The Kier molecular flexibility index (Phi) is 6.03. The van der Waals surface area contributed by atoms with Gasteiger partial charge in [-0.3, -0.25) is 9.59 Å². The van der Waals surface area contributed by atoms with Gasteiger partial charge in [-0.05, 0) is 47.2 Å². The molecule has 1 aromatic rings. The van der Waals surface area contributed by atoms with E-state index in [1.807, 2.05) is 6.92 Å². The molecule has 128 valence electrons. The molecule has 1 aromatic heterocycles. The Hall–Kier alpha value is -1.14. The number of nitrogens with zero attached hydrogens (tertiary/aromatic N) is 2. The van der Waals surface area contributed by atoms with Gasteiger partial charge >= 0.3 is 0 Å². The lowest BCUT2D eigenvalue weighted by Gasteiger charge is -2.36. The number of nitrogens with one attached hydrogen (secondary N) is 1. The van der Waals surface area contributed by atoms with E-state index in [4.69, 9.17) is 0 Å². The molecule has 1 aliphatic rings. The Balaban J connectivity index is 1.96. The van der Waals surface area contributed by atoms with Crippen LogP contribution in [0.1, 0.15) is 48.2 Å². The number of hydrogen-bond acceptors (Lipinski definition) is 3. The van der Waals surface area contributed by atoms with Crippen molar-refractivity contribution in [1.29, 1.82) is 0 Å². The average molecular weight is 384 g/mol. The van der Waals surface area contributed by atoms with Crippen molar-refractivity contribution in [1.82, 2.24) is 14.8 Å². The lowest BCUT2D eigenvalue weighted by atomic mass is 9.92. The predicted molar refractivity (Wildman–Crippen MR) is 94.8 cm³/mol. The van der Waals surface area contributed by atoms with Crippen molar-refractivity contribution in [2.24, 2.45) is 18.9 Å². The third kappa shape index (κ3) is 4.44. The fourth-order valence-electron chi connectivity index (χ4n) is 3.61. The van der Waals surface area contributed by atoms with Crippen LogP contribution in [0.3, 0.4) is 0 Å². The van der Waals surface area contributed by atoms with Gasteiger partial charge in [0, 0.05) is 37.2 Å². The zero-order valence-electron chi connectivity index (χ0n) is 14.3. The zero-order chi connectivity index (χ0) is 17.1. The molecule has 0 bridgehead atoms. The highest BCUT2D eigenvalue weighted by Crippen LogP contribution is 2.21. The normalized spacial score (nSPS) is 23.5. The molecule has 1 aliphatic heterocycles. The maximum atomic E-state index is 12.4. The smallest absolute Gasteiger partial charge is 0.268 e. The van der Waals surface area contributed by atoms with E-state index >= 15 is 0 Å². The maximum absolute atomic E-state index is 12.4. The fraction of sp³-hybridized carbons (Fsp3) is 0.647. The number of piperidine rings is 1. The van der Waals surface area contributed by atoms with E-state index < -0.39 is 0 Å². The minimum atomic E-state index is -0.146. The summed E-state index contributed by atoms with van der Waals surface area (Å²) in [4.78, 5) is 25.9. The van der Waals surface area contributed by atoms with Gasteiger partial charge in [0.25, 0.3) is 5.91 Å². The molecule has 1 saturated heterocycles. The van der Waals surface area contributed by atoms with Crippen LogP contribution in [0, 0.1) is 11.8 Å². The molecule has 0 aliphatic carbocycles. The first-order valence-electron chi connectivity index (χ1n) is 8.15. The van der Waals surface area contributed by atoms with Crippen LogP contribution in [0.15, 0.2) is 10.5 Å². The molecule has 0 saturated carbocycles. The molecule has 6 heteroatoms. The number of carbonyl (C=O) groups is 2. The summed E-state index contributed by atoms with van der Waals surface area (Å²) in [7, 11) is 1.72. The minimum absolute atomic E-state index is 0.0633. The van der Waals surface area contributed by atoms with Crippen LogP contribution in [0.4, 0.5) is 0 Å². The van der Waals surface area contributed by atoms with Gasteiger partial charge in [-0.2, -0.15) is 0 Å². The summed E-state index contributed by atoms with van der Waals surface area (Å²) in [6.07, 6.45) is 2.03. The highest BCUT2D eigenvalue weighted by Gasteiger charge is 2.24. The van der Waals surface area contributed by atoms with Gasteiger partial charge in [0.15, 0.2) is 6.29 Å². The first kappa shape index (κ1) is 18.2. The minimum Gasteiger partial charge on any atom is -0.347 e. The number of halogens is 1. The number of hydrogen-bond donors (Lipinski definition) is 1. The Morgan fingerprint density at radius 3 is 2.57 bits per heavy atom. The number of aromatic nitrogens is 1. The van der Waals surface area contributed by atoms with Crippen molar-refractivity contribution in [2.45, 2.75) is 33.2 Å². The van der Waals surface area contributed by atoms with E-state index in [0.29, 0.717) is 27.7 Å². The van der Waals surface area contributed by atoms with Gasteiger partial charge in [-0.15, -0.1) is 0 Å². The van der Waals surface area contributed by atoms with Gasteiger partial charge in [0.1, 0.15) is 5.69 Å². The Bertz CT molecular complexity index is 575. The largest absolute Gasteiger partial charge is 0.347 e. The van der Waals surface area contributed by atoms with Crippen molar-refractivity contribution in [3.8, 4) is 0 Å². The third-order valence-electron chi connectivity index (χ3n) is 4.43. The molecule has 3 unspecified atom stereocenters. The number of likely N-dealkylation sites (tertiary alicyclic amines) is 1. The molecular formula is C17H26BrN3O2. The highest BCUT2D eigenvalue weighted by atomic mass is 79.9. The molecule has 3 atom stereocenters. The average Bonchev–Trinajstić information content (AvgIpc) is 2.72. The maximum Gasteiger partial charge on any atom is 0.268 e. The van der Waals surface area contributed by atoms with Gasteiger partial charge in [-0.25, -0.2) is 0 Å². The third-order valence-corrected chi connectivity index (χ3v) is 5.06. The molecule has 0 radical (unpaired) electrons. The van der Waals surface area contributed by atoms with Crippen molar-refractivity contribution in [3.05, 3.63) is 21.9 Å². The second kappa shape index (κ2) is 7.62. The van der Waals surface area contributed by atoms with Crippen molar-refractivity contribution in [3.63, 3.8) is 0 Å². The van der Waals surface area contributed by atoms with Crippen LogP contribution in [-0.4, -0.2) is 47.3 Å². The number of aldehydes is 1. The summed E-state index contributed by atoms with van der Waals surface area (Å²) in [5.74, 6) is 1.27. The summed E-state index contributed by atoms with van der Waals surface area (Å²) in [5, 5.41) is 3.04. The molecule has 1 N–H and O–H groups in total. The summed E-state index contributed by atoms with van der Waals surface area (Å²) in [6, 6.07) is 1.75. The van der Waals surface area contributed by atoms with Crippen LogP contribution in [0.2, 0.25) is 0 Å². The Labute approximate surface area is 146 Å². The predicted octanol–water partition coefficient (Wildman–Crippen LogP) is 2.70. The first-order valence-corrected chi connectivity index (χ1v) is 8.94. The number of carbonyl (C=O) groups excluding carboxylic acids is 2. The second-order valence-corrected chi connectivity index (χ2v) is 7.83. The lowest BCUT2D eigenvalue weighted by molar-refractivity contribution is 0.0897. The van der Waals surface area contributed by atoms with Crippen LogP contribution in [0.5, 0.6) is 0 Å². The molecule has 0 spiro atoms. The van der Waals surface area contributed by atoms with E-state index in [0.717, 1.165) is 25.9 Å². The van der Waals surface area contributed by atoms with E-state index in [1.165, 1.54) is 6.42 Å². The summed E-state index contributed by atoms with van der Waals surface area (Å²) in [6.45, 7) is 9.64. The molecule has 2 rings (SSSR count). The molecule has 0 aromatic carbocycles. The monoisotopic (exact) mass is 383 g/mol. The summed E-state index contributed by atoms with van der Waals surface area (Å²) in [5.41, 5.74) is 0.965. The number of amides is 1. The highest BCUT2D eigenvalue weighted by molar-refractivity contribution is 9.10. The topological polar surface area (TPSA) is 54.3 Å². The second-order valence-electron chi connectivity index (χ2n) is 6.98. The SMILES string of the molecule is CC1CC(C)CN(CC(C)NC(=O)c2cc(Br)c(C=O)n2C)C1. The standard InChI is InChI=1S/C17H26BrN3O2/c1-11-5-12(2)8-21(7-11)9-13(3)19-17(23)15-6-14(18)16(10-22)20(15)4/h6,10-13H,5,7-9H2,1-4H3,(H,19,23). The fourth-order valence-corrected chi connectivity index (χ4v) is 4.18. The van der Waals surface area contributed by atoms with Crippen LogP contribution in [0.25, 0.3) is 0 Å². The van der Waals surface area contributed by atoms with Gasteiger partial charge in [-0.1, -0.05) is 13.8 Å². The van der Waals surface area contributed by atoms with Crippen LogP contribution in [-0.2, 0) is 7.05 Å². The molecule has 5 nitrogen and oxygen atoms in total. The molecule has 2 heterocycles. The van der Waals surface area contributed by atoms with Crippen LogP contribution >= 0.6 is 15.9 Å². The summed E-state index contributed by atoms with van der Waals surface area (Å²) < 4.78 is 2.26. The van der Waals surface area contributed by atoms with E-state index in [-0.39, 0.29) is 11.9 Å². The molecule has 23 heavy (non-hydrogen) atoms.